The number of esters is 1. The Morgan fingerprint density at radius 3 is 2.49 bits per heavy atom. The van der Waals surface area contributed by atoms with Crippen LogP contribution in [0.4, 0.5) is 17.6 Å². The molecular weight excluding hydrogens is 518 g/mol. The number of tetrazole rings is 1. The van der Waals surface area contributed by atoms with E-state index in [1.165, 1.54) is 37.4 Å². The number of rotatable bonds is 7. The Balaban J connectivity index is 1.67. The summed E-state index contributed by atoms with van der Waals surface area (Å²) in [6.07, 6.45) is -2.83. The van der Waals surface area contributed by atoms with E-state index in [0.29, 0.717) is 23.1 Å². The lowest BCUT2D eigenvalue weighted by molar-refractivity contribution is -0.147. The Morgan fingerprint density at radius 1 is 1.16 bits per heavy atom. The van der Waals surface area contributed by atoms with Gasteiger partial charge in [-0.1, -0.05) is 12.1 Å². The molecule has 1 aliphatic rings. The molecule has 2 aromatic carbocycles. The summed E-state index contributed by atoms with van der Waals surface area (Å²) in [6, 6.07) is 9.06. The fourth-order valence-electron chi connectivity index (χ4n) is 4.77. The molecule has 0 unspecified atom stereocenters. The topological polar surface area (TPSA) is 116 Å². The van der Waals surface area contributed by atoms with Crippen molar-refractivity contribution in [3.8, 4) is 5.69 Å². The number of methoxy groups -OCH3 is 1. The second-order valence-electron chi connectivity index (χ2n) is 8.75. The van der Waals surface area contributed by atoms with Crippen LogP contribution in [0.1, 0.15) is 35.7 Å². The lowest BCUT2D eigenvalue weighted by atomic mass is 9.86. The standard InChI is InChI=1S/C23H23F4N5O4S/c1-36-21(33)17-8-9-18(20(17)13-3-5-15(24)6-4-13)28-12-14-11-16(7-10-19(14)37(2,34)35)32-22(23(25,26)27)29-30-31-32/h3-7,10-11,17-18,20,28H,8-9,12H2,1-2H3/t17-,18-,20+/m0/s1. The van der Waals surface area contributed by atoms with E-state index < -0.39 is 45.5 Å². The largest absolute Gasteiger partial charge is 0.469 e. The molecule has 0 amide bonds. The van der Waals surface area contributed by atoms with Crippen LogP contribution in [0.5, 0.6) is 0 Å². The first-order chi connectivity index (χ1) is 17.4. The number of halogens is 4. The molecule has 1 fully saturated rings. The molecule has 3 atom stereocenters. The smallest absolute Gasteiger partial charge is 0.453 e. The van der Waals surface area contributed by atoms with E-state index in [-0.39, 0.29) is 28.7 Å². The molecule has 1 saturated carbocycles. The molecule has 198 valence electrons. The van der Waals surface area contributed by atoms with Gasteiger partial charge in [-0.25, -0.2) is 12.8 Å². The number of ether oxygens (including phenoxy) is 1. The molecular formula is C23H23F4N5O4S. The number of carbonyl (C=O) groups excluding carboxylic acids is 1. The fourth-order valence-corrected chi connectivity index (χ4v) is 5.69. The lowest BCUT2D eigenvalue weighted by Gasteiger charge is -2.25. The molecule has 0 saturated heterocycles. The molecule has 14 heteroatoms. The number of aromatic nitrogens is 4. The zero-order valence-electron chi connectivity index (χ0n) is 19.7. The maximum Gasteiger partial charge on any atom is 0.453 e. The van der Waals surface area contributed by atoms with Crippen molar-refractivity contribution >= 4 is 15.8 Å². The van der Waals surface area contributed by atoms with Crippen LogP contribution >= 0.6 is 0 Å². The lowest BCUT2D eigenvalue weighted by Crippen LogP contribution is -2.34. The average molecular weight is 542 g/mol. The SMILES string of the molecule is COC(=O)[C@H]1CC[C@H](NCc2cc(-n3nnnc3C(F)(F)F)ccc2S(C)(=O)=O)[C@@H]1c1ccc(F)cc1. The first-order valence-electron chi connectivity index (χ1n) is 11.2. The number of hydrogen-bond donors (Lipinski definition) is 1. The van der Waals surface area contributed by atoms with Gasteiger partial charge in [0.05, 0.1) is 23.6 Å². The normalized spacial score (nSPS) is 20.2. The van der Waals surface area contributed by atoms with Crippen molar-refractivity contribution in [3.63, 3.8) is 0 Å². The highest BCUT2D eigenvalue weighted by Gasteiger charge is 2.42. The van der Waals surface area contributed by atoms with Gasteiger partial charge in [-0.05, 0) is 64.7 Å². The van der Waals surface area contributed by atoms with E-state index in [2.05, 4.69) is 20.8 Å². The molecule has 0 spiro atoms. The summed E-state index contributed by atoms with van der Waals surface area (Å²) in [6.45, 7) is -0.0457. The second-order valence-corrected chi connectivity index (χ2v) is 10.7. The zero-order valence-corrected chi connectivity index (χ0v) is 20.6. The Hall–Kier alpha value is -3.39. The summed E-state index contributed by atoms with van der Waals surface area (Å²) in [4.78, 5) is 12.4. The molecule has 1 aromatic heterocycles. The number of nitrogens with one attached hydrogen (secondary N) is 1. The Kier molecular flexibility index (Phi) is 7.33. The molecule has 0 bridgehead atoms. The summed E-state index contributed by atoms with van der Waals surface area (Å²) < 4.78 is 83.7. The van der Waals surface area contributed by atoms with E-state index in [4.69, 9.17) is 4.74 Å². The Morgan fingerprint density at radius 2 is 1.86 bits per heavy atom. The van der Waals surface area contributed by atoms with Crippen molar-refractivity contribution in [2.24, 2.45) is 5.92 Å². The maximum atomic E-state index is 13.5. The number of sulfone groups is 1. The van der Waals surface area contributed by atoms with Crippen molar-refractivity contribution in [2.75, 3.05) is 13.4 Å². The van der Waals surface area contributed by atoms with Crippen LogP contribution in [0.2, 0.25) is 0 Å². The number of benzene rings is 2. The van der Waals surface area contributed by atoms with Gasteiger partial charge in [-0.3, -0.25) is 4.79 Å². The molecule has 1 heterocycles. The number of carbonyl (C=O) groups is 1. The average Bonchev–Trinajstić information content (AvgIpc) is 3.50. The number of hydrogen-bond acceptors (Lipinski definition) is 8. The van der Waals surface area contributed by atoms with E-state index >= 15 is 0 Å². The van der Waals surface area contributed by atoms with Crippen LogP contribution in [0.3, 0.4) is 0 Å². The highest BCUT2D eigenvalue weighted by molar-refractivity contribution is 7.90. The van der Waals surface area contributed by atoms with E-state index in [0.717, 1.165) is 6.26 Å². The summed E-state index contributed by atoms with van der Waals surface area (Å²) in [5.41, 5.74) is 0.825. The van der Waals surface area contributed by atoms with Gasteiger partial charge in [0.15, 0.2) is 9.84 Å². The summed E-state index contributed by atoms with van der Waals surface area (Å²) in [5, 5.41) is 12.8. The van der Waals surface area contributed by atoms with Gasteiger partial charge in [-0.15, -0.1) is 5.10 Å². The van der Waals surface area contributed by atoms with Crippen LogP contribution in [-0.2, 0) is 32.1 Å². The van der Waals surface area contributed by atoms with Crippen LogP contribution in [-0.4, -0.2) is 54.0 Å². The molecule has 37 heavy (non-hydrogen) atoms. The number of nitrogens with zero attached hydrogens (tertiary/aromatic N) is 4. The first-order valence-corrected chi connectivity index (χ1v) is 13.0. The third kappa shape index (κ3) is 5.64. The molecule has 1 aliphatic carbocycles. The third-order valence-corrected chi connectivity index (χ3v) is 7.58. The fraction of sp³-hybridized carbons (Fsp3) is 0.391. The molecule has 1 N–H and O–H groups in total. The maximum absolute atomic E-state index is 13.5. The van der Waals surface area contributed by atoms with Crippen LogP contribution in [0.25, 0.3) is 5.69 Å². The molecule has 0 radical (unpaired) electrons. The van der Waals surface area contributed by atoms with Crippen molar-refractivity contribution in [1.82, 2.24) is 25.5 Å². The van der Waals surface area contributed by atoms with Crippen LogP contribution in [0, 0.1) is 11.7 Å². The second kappa shape index (κ2) is 10.2. The summed E-state index contributed by atoms with van der Waals surface area (Å²) >= 11 is 0. The molecule has 0 aliphatic heterocycles. The highest BCUT2D eigenvalue weighted by Crippen LogP contribution is 2.41. The monoisotopic (exact) mass is 541 g/mol. The van der Waals surface area contributed by atoms with Crippen LogP contribution in [0.15, 0.2) is 47.4 Å². The van der Waals surface area contributed by atoms with Gasteiger partial charge < -0.3 is 10.1 Å². The van der Waals surface area contributed by atoms with Crippen molar-refractivity contribution < 1.29 is 35.5 Å². The third-order valence-electron chi connectivity index (χ3n) is 6.38. The molecule has 9 nitrogen and oxygen atoms in total. The minimum absolute atomic E-state index is 0.0457. The van der Waals surface area contributed by atoms with Gasteiger partial charge >= 0.3 is 12.1 Å². The van der Waals surface area contributed by atoms with E-state index in [9.17, 15) is 30.8 Å². The number of alkyl halides is 3. The minimum Gasteiger partial charge on any atom is -0.469 e. The van der Waals surface area contributed by atoms with Crippen molar-refractivity contribution in [1.29, 1.82) is 0 Å². The summed E-state index contributed by atoms with van der Waals surface area (Å²) in [5.74, 6) is -3.11. The van der Waals surface area contributed by atoms with Gasteiger partial charge in [-0.2, -0.15) is 17.9 Å². The van der Waals surface area contributed by atoms with Gasteiger partial charge in [0.1, 0.15) is 5.82 Å². The predicted octanol–water partition coefficient (Wildman–Crippen LogP) is 3.05. The Bertz CT molecular complexity index is 1390. The van der Waals surface area contributed by atoms with Gasteiger partial charge in [0.25, 0.3) is 5.82 Å². The quantitative estimate of drug-likeness (QED) is 0.359. The van der Waals surface area contributed by atoms with Crippen molar-refractivity contribution in [2.45, 2.75) is 42.4 Å². The van der Waals surface area contributed by atoms with E-state index in [1.807, 2.05) is 0 Å². The molecule has 4 rings (SSSR count). The molecule has 3 aromatic rings. The Labute approximate surface area is 209 Å². The van der Waals surface area contributed by atoms with Crippen LogP contribution < -0.4 is 5.32 Å². The zero-order chi connectivity index (χ0) is 27.0. The summed E-state index contributed by atoms with van der Waals surface area (Å²) in [7, 11) is -2.46. The predicted molar refractivity (Wildman–Crippen MR) is 122 cm³/mol. The van der Waals surface area contributed by atoms with E-state index in [1.54, 1.807) is 12.1 Å². The minimum atomic E-state index is -4.83. The van der Waals surface area contributed by atoms with Gasteiger partial charge in [0.2, 0.25) is 0 Å². The van der Waals surface area contributed by atoms with Gasteiger partial charge in [0, 0.05) is 24.8 Å². The highest BCUT2D eigenvalue weighted by atomic mass is 32.2. The van der Waals surface area contributed by atoms with Crippen molar-refractivity contribution in [3.05, 3.63) is 65.2 Å². The first kappa shape index (κ1) is 26.7.